The molecule has 1 fully saturated rings. The Morgan fingerprint density at radius 1 is 1.14 bits per heavy atom. The molecule has 0 atom stereocenters. The van der Waals surface area contributed by atoms with E-state index in [9.17, 15) is 4.79 Å². The maximum absolute atomic E-state index is 12.9. The molecule has 2 aliphatic rings. The number of hydrogen-bond donors (Lipinski definition) is 1. The summed E-state index contributed by atoms with van der Waals surface area (Å²) >= 11 is 6.19. The van der Waals surface area contributed by atoms with Crippen LogP contribution in [0.4, 0.5) is 6.01 Å². The van der Waals surface area contributed by atoms with Crippen molar-refractivity contribution < 1.29 is 18.7 Å². The topological polar surface area (TPSA) is 73.6 Å². The summed E-state index contributed by atoms with van der Waals surface area (Å²) in [5.74, 6) is 1.89. The minimum Gasteiger partial charge on any atom is -0.454 e. The summed E-state index contributed by atoms with van der Waals surface area (Å²) in [5, 5.41) is 3.48. The number of carbonyl (C=O) groups excluding carboxylic acids is 1. The van der Waals surface area contributed by atoms with Gasteiger partial charge in [-0.3, -0.25) is 10.1 Å². The number of fused-ring (bicyclic) bond motifs is 1. The van der Waals surface area contributed by atoms with Crippen LogP contribution in [0.2, 0.25) is 5.02 Å². The number of rotatable bonds is 5. The van der Waals surface area contributed by atoms with Crippen molar-refractivity contribution in [2.75, 3.05) is 12.1 Å². The van der Waals surface area contributed by atoms with Gasteiger partial charge in [0.05, 0.1) is 11.6 Å². The Kier molecular flexibility index (Phi) is 4.02. The molecule has 6 nitrogen and oxygen atoms in total. The quantitative estimate of drug-likeness (QED) is 0.695. The molecule has 5 rings (SSSR count). The van der Waals surface area contributed by atoms with Crippen LogP contribution in [0, 0.1) is 0 Å². The standard InChI is InChI=1S/C21H17ClN2O4/c22-16-4-2-1-3-13(16)9-15-11-23-20(28-15)24-19(25)21(7-8-21)14-5-6-17-18(10-14)27-12-26-17/h1-6,10-11H,7-9,12H2,(H,23,24,25). The first-order valence-corrected chi connectivity index (χ1v) is 9.41. The van der Waals surface area contributed by atoms with Crippen molar-refractivity contribution in [2.24, 2.45) is 0 Å². The molecule has 0 bridgehead atoms. The largest absolute Gasteiger partial charge is 0.454 e. The fourth-order valence-electron chi connectivity index (χ4n) is 3.46. The van der Waals surface area contributed by atoms with Crippen LogP contribution in [0.25, 0.3) is 0 Å². The second-order valence-corrected chi connectivity index (χ2v) is 7.41. The van der Waals surface area contributed by atoms with Gasteiger partial charge in [0.1, 0.15) is 5.76 Å². The van der Waals surface area contributed by atoms with E-state index < -0.39 is 5.41 Å². The fraction of sp³-hybridized carbons (Fsp3) is 0.238. The lowest BCUT2D eigenvalue weighted by atomic mass is 9.94. The van der Waals surface area contributed by atoms with E-state index in [-0.39, 0.29) is 18.7 Å². The van der Waals surface area contributed by atoms with Gasteiger partial charge in [0.25, 0.3) is 0 Å². The third-order valence-electron chi connectivity index (χ3n) is 5.21. The van der Waals surface area contributed by atoms with Crippen LogP contribution in [0.3, 0.4) is 0 Å². The highest BCUT2D eigenvalue weighted by molar-refractivity contribution is 6.31. The fourth-order valence-corrected chi connectivity index (χ4v) is 3.66. The molecule has 1 saturated carbocycles. The first-order valence-electron chi connectivity index (χ1n) is 9.04. The molecule has 2 heterocycles. The third-order valence-corrected chi connectivity index (χ3v) is 5.58. The molecule has 1 aromatic heterocycles. The van der Waals surface area contributed by atoms with E-state index in [1.807, 2.05) is 42.5 Å². The molecule has 0 saturated heterocycles. The van der Waals surface area contributed by atoms with Crippen LogP contribution in [0.1, 0.15) is 29.7 Å². The summed E-state index contributed by atoms with van der Waals surface area (Å²) in [5.41, 5.74) is 1.28. The molecule has 28 heavy (non-hydrogen) atoms. The highest BCUT2D eigenvalue weighted by Crippen LogP contribution is 2.51. The number of benzene rings is 2. The van der Waals surface area contributed by atoms with Gasteiger partial charge in [0, 0.05) is 11.4 Å². The van der Waals surface area contributed by atoms with E-state index in [0.717, 1.165) is 24.0 Å². The summed E-state index contributed by atoms with van der Waals surface area (Å²) in [6.45, 7) is 0.211. The van der Waals surface area contributed by atoms with Gasteiger partial charge in [-0.15, -0.1) is 0 Å². The lowest BCUT2D eigenvalue weighted by molar-refractivity contribution is -0.118. The lowest BCUT2D eigenvalue weighted by Crippen LogP contribution is -2.27. The highest BCUT2D eigenvalue weighted by atomic mass is 35.5. The molecule has 0 unspecified atom stereocenters. The number of anilines is 1. The Hall–Kier alpha value is -2.99. The summed E-state index contributed by atoms with van der Waals surface area (Å²) < 4.78 is 16.5. The van der Waals surface area contributed by atoms with Gasteiger partial charge < -0.3 is 13.9 Å². The maximum Gasteiger partial charge on any atom is 0.301 e. The smallest absolute Gasteiger partial charge is 0.301 e. The number of nitrogens with zero attached hydrogens (tertiary/aromatic N) is 1. The van der Waals surface area contributed by atoms with Crippen molar-refractivity contribution in [1.29, 1.82) is 0 Å². The second-order valence-electron chi connectivity index (χ2n) is 7.00. The van der Waals surface area contributed by atoms with Crippen LogP contribution in [-0.4, -0.2) is 17.7 Å². The first kappa shape index (κ1) is 17.1. The molecule has 1 amide bonds. The number of halogens is 1. The summed E-state index contributed by atoms with van der Waals surface area (Å²) in [6.07, 6.45) is 3.66. The van der Waals surface area contributed by atoms with Crippen LogP contribution >= 0.6 is 11.6 Å². The van der Waals surface area contributed by atoms with E-state index in [1.165, 1.54) is 0 Å². The Balaban J connectivity index is 1.31. The van der Waals surface area contributed by atoms with Gasteiger partial charge in [-0.25, -0.2) is 4.98 Å². The van der Waals surface area contributed by atoms with Gasteiger partial charge in [0.2, 0.25) is 12.7 Å². The van der Waals surface area contributed by atoms with Crippen LogP contribution in [0.15, 0.2) is 53.1 Å². The molecule has 1 aliphatic heterocycles. The van der Waals surface area contributed by atoms with Gasteiger partial charge >= 0.3 is 6.01 Å². The van der Waals surface area contributed by atoms with Gasteiger partial charge in [-0.05, 0) is 42.2 Å². The van der Waals surface area contributed by atoms with Gasteiger partial charge in [-0.2, -0.15) is 0 Å². The van der Waals surface area contributed by atoms with E-state index in [1.54, 1.807) is 6.20 Å². The van der Waals surface area contributed by atoms with Crippen LogP contribution in [0.5, 0.6) is 11.5 Å². The maximum atomic E-state index is 12.9. The lowest BCUT2D eigenvalue weighted by Gasteiger charge is -2.14. The van der Waals surface area contributed by atoms with E-state index >= 15 is 0 Å². The van der Waals surface area contributed by atoms with E-state index in [4.69, 9.17) is 25.5 Å². The molecule has 0 radical (unpaired) electrons. The Morgan fingerprint density at radius 3 is 2.79 bits per heavy atom. The number of ether oxygens (including phenoxy) is 2. The molecule has 1 N–H and O–H groups in total. The van der Waals surface area contributed by atoms with Gasteiger partial charge in [-0.1, -0.05) is 35.9 Å². The number of aromatic nitrogens is 1. The molecule has 3 aromatic rings. The first-order chi connectivity index (χ1) is 13.6. The molecule has 7 heteroatoms. The SMILES string of the molecule is O=C(Nc1ncc(Cc2ccccc2Cl)o1)C1(c2ccc3c(c2)OCO3)CC1. The predicted octanol–water partition coefficient (Wildman–Crippen LogP) is 4.32. The Morgan fingerprint density at radius 2 is 1.96 bits per heavy atom. The van der Waals surface area contributed by atoms with Crippen molar-refractivity contribution in [2.45, 2.75) is 24.7 Å². The summed E-state index contributed by atoms with van der Waals surface area (Å²) in [6, 6.07) is 13.4. The predicted molar refractivity (Wildman–Crippen MR) is 103 cm³/mol. The average molecular weight is 397 g/mol. The average Bonchev–Trinajstić information content (AvgIpc) is 3.18. The summed E-state index contributed by atoms with van der Waals surface area (Å²) in [7, 11) is 0. The van der Waals surface area contributed by atoms with Crippen LogP contribution < -0.4 is 14.8 Å². The minimum absolute atomic E-state index is 0.127. The van der Waals surface area contributed by atoms with E-state index in [2.05, 4.69) is 10.3 Å². The number of oxazole rings is 1. The number of hydrogen-bond acceptors (Lipinski definition) is 5. The normalized spacial score (nSPS) is 16.0. The molecule has 142 valence electrons. The monoisotopic (exact) mass is 396 g/mol. The zero-order chi connectivity index (χ0) is 19.1. The van der Waals surface area contributed by atoms with Crippen molar-refractivity contribution in [3.05, 3.63) is 70.6 Å². The minimum atomic E-state index is -0.571. The Bertz CT molecular complexity index is 1060. The van der Waals surface area contributed by atoms with E-state index in [0.29, 0.717) is 28.7 Å². The van der Waals surface area contributed by atoms with Crippen LogP contribution in [-0.2, 0) is 16.6 Å². The number of amides is 1. The van der Waals surface area contributed by atoms with Crippen molar-refractivity contribution in [1.82, 2.24) is 4.98 Å². The third kappa shape index (κ3) is 2.99. The second kappa shape index (κ2) is 6.56. The van der Waals surface area contributed by atoms with Gasteiger partial charge in [0.15, 0.2) is 11.5 Å². The van der Waals surface area contributed by atoms with Crippen molar-refractivity contribution in [3.63, 3.8) is 0 Å². The van der Waals surface area contributed by atoms with Crippen molar-refractivity contribution >= 4 is 23.5 Å². The zero-order valence-corrected chi connectivity index (χ0v) is 15.7. The molecular formula is C21H17ClN2O4. The Labute approximate surface area is 166 Å². The molecular weight excluding hydrogens is 380 g/mol. The zero-order valence-electron chi connectivity index (χ0n) is 14.9. The molecule has 0 spiro atoms. The molecule has 2 aromatic carbocycles. The molecule has 1 aliphatic carbocycles. The van der Waals surface area contributed by atoms with Crippen molar-refractivity contribution in [3.8, 4) is 11.5 Å². The highest BCUT2D eigenvalue weighted by Gasteiger charge is 2.52. The number of carbonyl (C=O) groups is 1. The number of nitrogens with one attached hydrogen (secondary N) is 1. The summed E-state index contributed by atoms with van der Waals surface area (Å²) in [4.78, 5) is 17.1.